The Balaban J connectivity index is 2.35. The van der Waals surface area contributed by atoms with E-state index in [1.165, 1.54) is 11.8 Å². The van der Waals surface area contributed by atoms with E-state index in [2.05, 4.69) is 14.9 Å². The van der Waals surface area contributed by atoms with Crippen LogP contribution in [0.3, 0.4) is 0 Å². The molecule has 108 valence electrons. The van der Waals surface area contributed by atoms with Crippen LogP contribution in [0, 0.1) is 6.92 Å². The summed E-state index contributed by atoms with van der Waals surface area (Å²) < 4.78 is 27.2. The maximum Gasteiger partial charge on any atom is 0.281 e. The SMILES string of the molecule is CSc1cccc(NS(=O)(=O)c2n[nH]c(C)c2CN)c1. The van der Waals surface area contributed by atoms with Gasteiger partial charge < -0.3 is 5.73 Å². The fourth-order valence-electron chi connectivity index (χ4n) is 1.78. The molecule has 6 nitrogen and oxygen atoms in total. The molecule has 0 spiro atoms. The second-order valence-corrected chi connectivity index (χ2v) is 6.65. The zero-order valence-corrected chi connectivity index (χ0v) is 12.8. The first-order valence-corrected chi connectivity index (χ1v) is 8.59. The van der Waals surface area contributed by atoms with Crippen molar-refractivity contribution in [3.63, 3.8) is 0 Å². The standard InChI is InChI=1S/C12H16N4O2S2/c1-8-11(7-13)12(15-14-8)20(17,18)16-9-4-3-5-10(6-9)19-2/h3-6,16H,7,13H2,1-2H3,(H,14,15). The van der Waals surface area contributed by atoms with Crippen molar-refractivity contribution in [2.75, 3.05) is 11.0 Å². The first kappa shape index (κ1) is 14.9. The van der Waals surface area contributed by atoms with Gasteiger partial charge in [0.05, 0.1) is 0 Å². The molecule has 0 saturated carbocycles. The first-order chi connectivity index (χ1) is 9.47. The molecule has 0 unspecified atom stereocenters. The highest BCUT2D eigenvalue weighted by Crippen LogP contribution is 2.23. The summed E-state index contributed by atoms with van der Waals surface area (Å²) in [4.78, 5) is 0.974. The maximum absolute atomic E-state index is 12.3. The van der Waals surface area contributed by atoms with Crippen molar-refractivity contribution >= 4 is 27.5 Å². The van der Waals surface area contributed by atoms with E-state index in [1.807, 2.05) is 12.3 Å². The topological polar surface area (TPSA) is 101 Å². The average molecular weight is 312 g/mol. The average Bonchev–Trinajstić information content (AvgIpc) is 2.80. The number of aromatic amines is 1. The molecular formula is C12H16N4O2S2. The van der Waals surface area contributed by atoms with E-state index in [0.717, 1.165) is 4.90 Å². The van der Waals surface area contributed by atoms with Crippen LogP contribution < -0.4 is 10.5 Å². The minimum Gasteiger partial charge on any atom is -0.326 e. The molecule has 2 aromatic rings. The number of nitrogens with zero attached hydrogens (tertiary/aromatic N) is 1. The van der Waals surface area contributed by atoms with E-state index in [-0.39, 0.29) is 11.6 Å². The van der Waals surface area contributed by atoms with Gasteiger partial charge >= 0.3 is 0 Å². The molecule has 20 heavy (non-hydrogen) atoms. The Kier molecular flexibility index (Phi) is 4.36. The number of nitrogens with two attached hydrogens (primary N) is 1. The number of rotatable bonds is 5. The second kappa shape index (κ2) is 5.86. The van der Waals surface area contributed by atoms with Crippen LogP contribution in [0.25, 0.3) is 0 Å². The number of hydrogen-bond acceptors (Lipinski definition) is 5. The molecule has 0 bridgehead atoms. The lowest BCUT2D eigenvalue weighted by atomic mass is 10.3. The van der Waals surface area contributed by atoms with Crippen LogP contribution in [0.4, 0.5) is 5.69 Å². The third kappa shape index (κ3) is 2.97. The van der Waals surface area contributed by atoms with E-state index in [4.69, 9.17) is 5.73 Å². The van der Waals surface area contributed by atoms with Crippen LogP contribution in [0.1, 0.15) is 11.3 Å². The Morgan fingerprint density at radius 1 is 1.45 bits per heavy atom. The third-order valence-electron chi connectivity index (χ3n) is 2.82. The molecule has 0 saturated heterocycles. The van der Waals surface area contributed by atoms with Gasteiger partial charge in [-0.2, -0.15) is 13.5 Å². The lowest BCUT2D eigenvalue weighted by molar-refractivity contribution is 0.596. The Labute approximate surface area is 122 Å². The number of aromatic nitrogens is 2. The predicted molar refractivity (Wildman–Crippen MR) is 80.2 cm³/mol. The number of anilines is 1. The molecule has 0 aliphatic rings. The van der Waals surface area contributed by atoms with Crippen LogP contribution >= 0.6 is 11.8 Å². The second-order valence-electron chi connectivity index (χ2n) is 4.17. The van der Waals surface area contributed by atoms with Gasteiger partial charge in [0.2, 0.25) is 5.03 Å². The van der Waals surface area contributed by atoms with E-state index in [9.17, 15) is 8.42 Å². The van der Waals surface area contributed by atoms with Crippen molar-refractivity contribution in [3.8, 4) is 0 Å². The van der Waals surface area contributed by atoms with Gasteiger partial charge in [0.15, 0.2) is 0 Å². The molecule has 0 radical (unpaired) electrons. The minimum atomic E-state index is -3.74. The number of H-pyrrole nitrogens is 1. The number of thioether (sulfide) groups is 1. The highest BCUT2D eigenvalue weighted by molar-refractivity contribution is 7.98. The number of benzene rings is 1. The molecule has 0 amide bonds. The molecule has 0 atom stereocenters. The van der Waals surface area contributed by atoms with Crippen LogP contribution in [0.15, 0.2) is 34.2 Å². The smallest absolute Gasteiger partial charge is 0.281 e. The number of aryl methyl sites for hydroxylation is 1. The summed E-state index contributed by atoms with van der Waals surface area (Å²) in [5.41, 5.74) is 7.23. The lowest BCUT2D eigenvalue weighted by Crippen LogP contribution is -2.16. The largest absolute Gasteiger partial charge is 0.326 e. The van der Waals surface area contributed by atoms with E-state index >= 15 is 0 Å². The zero-order chi connectivity index (χ0) is 14.8. The molecule has 0 fully saturated rings. The quantitative estimate of drug-likeness (QED) is 0.730. The van der Waals surface area contributed by atoms with Crippen molar-refractivity contribution in [1.82, 2.24) is 10.2 Å². The Morgan fingerprint density at radius 2 is 2.20 bits per heavy atom. The van der Waals surface area contributed by atoms with Crippen LogP contribution in [0.5, 0.6) is 0 Å². The van der Waals surface area contributed by atoms with Gasteiger partial charge in [-0.05, 0) is 31.4 Å². The Morgan fingerprint density at radius 3 is 2.85 bits per heavy atom. The normalized spacial score (nSPS) is 11.6. The van der Waals surface area contributed by atoms with Gasteiger partial charge in [0.1, 0.15) is 0 Å². The van der Waals surface area contributed by atoms with E-state index < -0.39 is 10.0 Å². The van der Waals surface area contributed by atoms with Crippen molar-refractivity contribution in [2.24, 2.45) is 5.73 Å². The third-order valence-corrected chi connectivity index (χ3v) is 4.89. The number of sulfonamides is 1. The summed E-state index contributed by atoms with van der Waals surface area (Å²) in [6, 6.07) is 7.17. The van der Waals surface area contributed by atoms with Crippen LogP contribution in [-0.2, 0) is 16.6 Å². The fraction of sp³-hybridized carbons (Fsp3) is 0.250. The Bertz CT molecular complexity index is 710. The van der Waals surface area contributed by atoms with Gasteiger partial charge in [-0.1, -0.05) is 6.07 Å². The predicted octanol–water partition coefficient (Wildman–Crippen LogP) is 1.70. The molecule has 4 N–H and O–H groups in total. The van der Waals surface area contributed by atoms with Crippen LogP contribution in [0.2, 0.25) is 0 Å². The summed E-state index contributed by atoms with van der Waals surface area (Å²) in [6.45, 7) is 1.85. The first-order valence-electron chi connectivity index (χ1n) is 5.88. The summed E-state index contributed by atoms with van der Waals surface area (Å²) in [6.07, 6.45) is 1.93. The summed E-state index contributed by atoms with van der Waals surface area (Å²) in [7, 11) is -3.74. The van der Waals surface area contributed by atoms with E-state index in [1.54, 1.807) is 25.1 Å². The molecule has 2 rings (SSSR count). The van der Waals surface area contributed by atoms with Gasteiger partial charge in [0, 0.05) is 28.4 Å². The molecule has 1 heterocycles. The summed E-state index contributed by atoms with van der Waals surface area (Å²) in [5.74, 6) is 0. The number of nitrogens with one attached hydrogen (secondary N) is 2. The van der Waals surface area contributed by atoms with Crippen molar-refractivity contribution in [2.45, 2.75) is 23.4 Å². The fourth-order valence-corrected chi connectivity index (χ4v) is 3.50. The highest BCUT2D eigenvalue weighted by Gasteiger charge is 2.23. The molecular weight excluding hydrogens is 296 g/mol. The zero-order valence-electron chi connectivity index (χ0n) is 11.2. The minimum absolute atomic E-state index is 0.0490. The van der Waals surface area contributed by atoms with Gasteiger partial charge in [-0.3, -0.25) is 9.82 Å². The molecule has 1 aromatic heterocycles. The molecule has 1 aromatic carbocycles. The monoisotopic (exact) mass is 312 g/mol. The van der Waals surface area contributed by atoms with Crippen molar-refractivity contribution in [3.05, 3.63) is 35.5 Å². The van der Waals surface area contributed by atoms with Crippen molar-refractivity contribution in [1.29, 1.82) is 0 Å². The summed E-state index contributed by atoms with van der Waals surface area (Å²) in [5, 5.41) is 6.44. The molecule has 8 heteroatoms. The van der Waals surface area contributed by atoms with Gasteiger partial charge in [0.25, 0.3) is 10.0 Å². The highest BCUT2D eigenvalue weighted by atomic mass is 32.2. The molecule has 0 aliphatic carbocycles. The van der Waals surface area contributed by atoms with Gasteiger partial charge in [-0.25, -0.2) is 0 Å². The molecule has 0 aliphatic heterocycles. The number of hydrogen-bond donors (Lipinski definition) is 3. The van der Waals surface area contributed by atoms with E-state index in [0.29, 0.717) is 16.9 Å². The Hall–Kier alpha value is -1.51. The van der Waals surface area contributed by atoms with Crippen LogP contribution in [-0.4, -0.2) is 24.9 Å². The van der Waals surface area contributed by atoms with Crippen molar-refractivity contribution < 1.29 is 8.42 Å². The summed E-state index contributed by atoms with van der Waals surface area (Å²) >= 11 is 1.54. The van der Waals surface area contributed by atoms with Gasteiger partial charge in [-0.15, -0.1) is 11.8 Å². The maximum atomic E-state index is 12.3. The lowest BCUT2D eigenvalue weighted by Gasteiger charge is -2.08.